The van der Waals surface area contributed by atoms with Gasteiger partial charge in [0.25, 0.3) is 0 Å². The van der Waals surface area contributed by atoms with Crippen molar-refractivity contribution in [3.8, 4) is 0 Å². The van der Waals surface area contributed by atoms with Gasteiger partial charge in [-0.3, -0.25) is 14.9 Å². The van der Waals surface area contributed by atoms with Gasteiger partial charge >= 0.3 is 0 Å². The van der Waals surface area contributed by atoms with E-state index >= 15 is 0 Å². The standard InChI is InChI=1S/C11H13N.C6H9NO2.C3H8.C2H6.H2/c1-8-5-4-6-10-7-9(2)12(3)11(8)10;1-4-2-3-5(8)7-6(4)9;1-3-2;1-2;/h4-6H,2,7H2,1,3H3;4H,2-3H2,1H3,(H,7,8,9);3H2,1-2H3;1-2H3;1H. The molecule has 148 valence electrons. The summed E-state index contributed by atoms with van der Waals surface area (Å²) < 4.78 is 0. The molecule has 1 saturated heterocycles. The van der Waals surface area contributed by atoms with Crippen molar-refractivity contribution < 1.29 is 11.0 Å². The maximum atomic E-state index is 10.7. The normalized spacial score (nSPS) is 17.6. The molecule has 1 atom stereocenters. The van der Waals surface area contributed by atoms with Gasteiger partial charge in [0.1, 0.15) is 0 Å². The number of fused-ring (bicyclic) bond motifs is 1. The smallest absolute Gasteiger partial charge is 0.229 e. The van der Waals surface area contributed by atoms with Crippen LogP contribution in [0, 0.1) is 12.8 Å². The van der Waals surface area contributed by atoms with Gasteiger partial charge in [0.2, 0.25) is 11.8 Å². The second-order valence-corrected chi connectivity index (χ2v) is 6.44. The number of hydrogen-bond acceptors (Lipinski definition) is 3. The number of rotatable bonds is 0. The average Bonchev–Trinajstić information content (AvgIpc) is 2.90. The number of allylic oxidation sites excluding steroid dienone is 1. The fourth-order valence-electron chi connectivity index (χ4n) is 2.64. The van der Waals surface area contributed by atoms with E-state index in [4.69, 9.17) is 0 Å². The number of para-hydroxylation sites is 1. The number of benzene rings is 1. The molecule has 0 saturated carbocycles. The number of aryl methyl sites for hydroxylation is 1. The Morgan fingerprint density at radius 2 is 1.85 bits per heavy atom. The Labute approximate surface area is 161 Å². The van der Waals surface area contributed by atoms with E-state index in [-0.39, 0.29) is 19.2 Å². The van der Waals surface area contributed by atoms with Crippen LogP contribution >= 0.6 is 0 Å². The maximum absolute atomic E-state index is 10.7. The van der Waals surface area contributed by atoms with E-state index in [0.29, 0.717) is 12.8 Å². The molecule has 2 aliphatic rings. The first-order valence-electron chi connectivity index (χ1n) is 9.65. The molecule has 4 heteroatoms. The Bertz CT molecular complexity index is 614. The summed E-state index contributed by atoms with van der Waals surface area (Å²) in [6.07, 6.45) is 3.45. The van der Waals surface area contributed by atoms with Crippen molar-refractivity contribution in [2.75, 3.05) is 11.9 Å². The maximum Gasteiger partial charge on any atom is 0.229 e. The lowest BCUT2D eigenvalue weighted by Gasteiger charge is -2.15. The van der Waals surface area contributed by atoms with Crippen molar-refractivity contribution in [3.05, 3.63) is 41.6 Å². The van der Waals surface area contributed by atoms with Crippen LogP contribution in [0.4, 0.5) is 5.69 Å². The van der Waals surface area contributed by atoms with E-state index in [1.807, 2.05) is 20.8 Å². The predicted molar refractivity (Wildman–Crippen MR) is 113 cm³/mol. The molecule has 0 radical (unpaired) electrons. The van der Waals surface area contributed by atoms with Gasteiger partial charge in [0.15, 0.2) is 0 Å². The summed E-state index contributed by atoms with van der Waals surface area (Å²) in [4.78, 5) is 23.3. The molecule has 4 nitrogen and oxygen atoms in total. The molecular weight excluding hydrogens is 324 g/mol. The molecule has 0 spiro atoms. The highest BCUT2D eigenvalue weighted by atomic mass is 16.2. The topological polar surface area (TPSA) is 49.4 Å². The van der Waals surface area contributed by atoms with Crippen molar-refractivity contribution in [2.45, 2.75) is 67.2 Å². The Morgan fingerprint density at radius 3 is 2.31 bits per heavy atom. The van der Waals surface area contributed by atoms with E-state index < -0.39 is 0 Å². The van der Waals surface area contributed by atoms with Gasteiger partial charge < -0.3 is 4.90 Å². The Morgan fingerprint density at radius 1 is 1.27 bits per heavy atom. The summed E-state index contributed by atoms with van der Waals surface area (Å²) in [5.74, 6) is -0.257. The first-order chi connectivity index (χ1) is 12.3. The van der Waals surface area contributed by atoms with Crippen LogP contribution in [0.1, 0.15) is 66.4 Å². The summed E-state index contributed by atoms with van der Waals surface area (Å²) >= 11 is 0. The van der Waals surface area contributed by atoms with Gasteiger partial charge in [-0.15, -0.1) is 0 Å². The summed E-state index contributed by atoms with van der Waals surface area (Å²) in [7, 11) is 2.08. The number of piperidine rings is 1. The van der Waals surface area contributed by atoms with Crippen molar-refractivity contribution >= 4 is 17.5 Å². The van der Waals surface area contributed by atoms with E-state index in [9.17, 15) is 9.59 Å². The summed E-state index contributed by atoms with van der Waals surface area (Å²) in [6, 6.07) is 6.44. The lowest BCUT2D eigenvalue weighted by molar-refractivity contribution is -0.135. The first kappa shape index (κ1) is 23.9. The average molecular weight is 363 g/mol. The Balaban J connectivity index is 0. The zero-order valence-corrected chi connectivity index (χ0v) is 17.6. The van der Waals surface area contributed by atoms with Gasteiger partial charge in [-0.1, -0.05) is 65.8 Å². The van der Waals surface area contributed by atoms with Crippen LogP contribution in [0.15, 0.2) is 30.5 Å². The van der Waals surface area contributed by atoms with Crippen molar-refractivity contribution in [1.29, 1.82) is 0 Å². The quantitative estimate of drug-likeness (QED) is 0.641. The Kier molecular flexibility index (Phi) is 11.3. The number of carbonyl (C=O) groups excluding carboxylic acids is 2. The Hall–Kier alpha value is -2.10. The largest absolute Gasteiger partial charge is 0.348 e. The van der Waals surface area contributed by atoms with E-state index in [2.05, 4.69) is 62.8 Å². The van der Waals surface area contributed by atoms with E-state index in [1.165, 1.54) is 28.9 Å². The number of likely N-dealkylation sites (N-methyl/N-ethyl adjacent to an activating group) is 1. The molecule has 1 aromatic rings. The summed E-state index contributed by atoms with van der Waals surface area (Å²) in [5.41, 5.74) is 5.29. The molecule has 1 fully saturated rings. The van der Waals surface area contributed by atoms with Crippen LogP contribution in [0.5, 0.6) is 0 Å². The molecule has 0 aromatic heterocycles. The minimum atomic E-state index is -0.141. The van der Waals surface area contributed by atoms with Crippen molar-refractivity contribution in [3.63, 3.8) is 0 Å². The lowest BCUT2D eigenvalue weighted by atomic mass is 10.0. The zero-order valence-electron chi connectivity index (χ0n) is 17.6. The zero-order chi connectivity index (χ0) is 20.3. The van der Waals surface area contributed by atoms with Crippen molar-refractivity contribution in [1.82, 2.24) is 5.32 Å². The van der Waals surface area contributed by atoms with Crippen LogP contribution in [-0.2, 0) is 16.0 Å². The van der Waals surface area contributed by atoms with Gasteiger partial charge in [-0.05, 0) is 24.5 Å². The molecule has 3 rings (SSSR count). The van der Waals surface area contributed by atoms with E-state index in [1.54, 1.807) is 0 Å². The highest BCUT2D eigenvalue weighted by Crippen LogP contribution is 2.34. The van der Waals surface area contributed by atoms with Crippen LogP contribution in [-0.4, -0.2) is 18.9 Å². The molecule has 2 aliphatic heterocycles. The minimum absolute atomic E-state index is 0. The second kappa shape index (κ2) is 12.3. The molecular formula is C22H38N2O2. The number of amides is 2. The molecule has 0 aliphatic carbocycles. The molecule has 2 amide bonds. The number of nitrogens with zero attached hydrogens (tertiary/aromatic N) is 1. The van der Waals surface area contributed by atoms with Crippen LogP contribution in [0.25, 0.3) is 0 Å². The third kappa shape index (κ3) is 7.03. The summed E-state index contributed by atoms with van der Waals surface area (Å²) in [5, 5.41) is 2.25. The van der Waals surface area contributed by atoms with Crippen LogP contribution < -0.4 is 10.2 Å². The summed E-state index contributed by atoms with van der Waals surface area (Å²) in [6.45, 7) is 16.2. The predicted octanol–water partition coefficient (Wildman–Crippen LogP) is 5.25. The van der Waals surface area contributed by atoms with Gasteiger partial charge in [-0.2, -0.15) is 0 Å². The second-order valence-electron chi connectivity index (χ2n) is 6.44. The SMILES string of the molecule is C=C1Cc2cccc(C)c2N1C.CC.CC1CCC(=O)NC1=O.CCC.[HH]. The molecule has 1 N–H and O–H groups in total. The third-order valence-corrected chi connectivity index (χ3v) is 4.04. The molecule has 0 bridgehead atoms. The highest BCUT2D eigenvalue weighted by molar-refractivity contribution is 5.98. The fraction of sp³-hybridized carbons (Fsp3) is 0.545. The highest BCUT2D eigenvalue weighted by Gasteiger charge is 2.21. The van der Waals surface area contributed by atoms with Gasteiger partial charge in [-0.25, -0.2) is 0 Å². The third-order valence-electron chi connectivity index (χ3n) is 4.04. The molecule has 26 heavy (non-hydrogen) atoms. The number of imide groups is 1. The van der Waals surface area contributed by atoms with Crippen LogP contribution in [0.2, 0.25) is 0 Å². The lowest BCUT2D eigenvalue weighted by Crippen LogP contribution is -2.39. The first-order valence-corrected chi connectivity index (χ1v) is 9.65. The number of anilines is 1. The number of carbonyl (C=O) groups is 2. The minimum Gasteiger partial charge on any atom is -0.348 e. The fourth-order valence-corrected chi connectivity index (χ4v) is 2.64. The molecule has 1 aromatic carbocycles. The van der Waals surface area contributed by atoms with Gasteiger partial charge in [0.05, 0.1) is 0 Å². The number of nitrogens with one attached hydrogen (secondary N) is 1. The van der Waals surface area contributed by atoms with Gasteiger partial charge in [0, 0.05) is 38.6 Å². The monoisotopic (exact) mass is 362 g/mol. The van der Waals surface area contributed by atoms with Crippen molar-refractivity contribution in [2.24, 2.45) is 5.92 Å². The molecule has 1 unspecified atom stereocenters. The van der Waals surface area contributed by atoms with E-state index in [0.717, 1.165) is 6.42 Å². The molecule has 2 heterocycles. The van der Waals surface area contributed by atoms with Crippen LogP contribution in [0.3, 0.4) is 0 Å². The number of hydrogen-bond donors (Lipinski definition) is 1.